The van der Waals surface area contributed by atoms with Crippen molar-refractivity contribution in [1.29, 1.82) is 0 Å². The molecule has 0 unspecified atom stereocenters. The van der Waals surface area contributed by atoms with E-state index in [0.29, 0.717) is 12.1 Å². The van der Waals surface area contributed by atoms with Crippen LogP contribution in [0.3, 0.4) is 0 Å². The number of rotatable bonds is 4. The SMILES string of the molecule is Cn1cnc(/C=C\n2cnc(-c3cc(C=O)cc(C(F)(F)F)c3)n2)n1. The zero-order valence-electron chi connectivity index (χ0n) is 12.8. The van der Waals surface area contributed by atoms with Gasteiger partial charge in [0.15, 0.2) is 11.6 Å². The summed E-state index contributed by atoms with van der Waals surface area (Å²) in [5.41, 5.74) is -0.939. The molecule has 0 aliphatic rings. The molecule has 3 rings (SSSR count). The quantitative estimate of drug-likeness (QED) is 0.677. The summed E-state index contributed by atoms with van der Waals surface area (Å²) in [5.74, 6) is 0.509. The molecule has 0 aliphatic carbocycles. The molecular formula is C15H11F3N6O. The maximum absolute atomic E-state index is 12.9. The first-order valence-corrected chi connectivity index (χ1v) is 6.98. The highest BCUT2D eigenvalue weighted by atomic mass is 19.4. The number of carbonyl (C=O) groups is 1. The summed E-state index contributed by atoms with van der Waals surface area (Å²) in [6.45, 7) is 0. The van der Waals surface area contributed by atoms with E-state index < -0.39 is 11.7 Å². The van der Waals surface area contributed by atoms with Crippen molar-refractivity contribution in [1.82, 2.24) is 29.5 Å². The van der Waals surface area contributed by atoms with Crippen molar-refractivity contribution in [3.63, 3.8) is 0 Å². The van der Waals surface area contributed by atoms with Gasteiger partial charge < -0.3 is 0 Å². The maximum atomic E-state index is 12.9. The molecule has 3 aromatic rings. The van der Waals surface area contributed by atoms with E-state index in [1.54, 1.807) is 13.1 Å². The summed E-state index contributed by atoms with van der Waals surface area (Å²) in [7, 11) is 1.72. The molecule has 0 bridgehead atoms. The smallest absolute Gasteiger partial charge is 0.298 e. The molecule has 128 valence electrons. The van der Waals surface area contributed by atoms with Crippen molar-refractivity contribution >= 4 is 18.6 Å². The minimum atomic E-state index is -4.57. The number of carbonyl (C=O) groups excluding carboxylic acids is 1. The van der Waals surface area contributed by atoms with Gasteiger partial charge in [-0.2, -0.15) is 18.3 Å². The minimum absolute atomic E-state index is 0.0628. The van der Waals surface area contributed by atoms with Crippen molar-refractivity contribution in [2.24, 2.45) is 7.05 Å². The Balaban J connectivity index is 1.91. The number of hydrogen-bond acceptors (Lipinski definition) is 5. The van der Waals surface area contributed by atoms with Crippen molar-refractivity contribution in [3.8, 4) is 11.4 Å². The molecule has 0 saturated heterocycles. The average Bonchev–Trinajstić information content (AvgIpc) is 3.20. The number of halogens is 3. The highest BCUT2D eigenvalue weighted by Gasteiger charge is 2.31. The van der Waals surface area contributed by atoms with Crippen LogP contribution in [0.5, 0.6) is 0 Å². The lowest BCUT2D eigenvalue weighted by Crippen LogP contribution is -2.06. The van der Waals surface area contributed by atoms with Crippen LogP contribution in [0.1, 0.15) is 21.7 Å². The molecule has 0 radical (unpaired) electrons. The molecule has 0 amide bonds. The Bertz CT molecular complexity index is 941. The fourth-order valence-corrected chi connectivity index (χ4v) is 2.07. The van der Waals surface area contributed by atoms with Gasteiger partial charge in [-0.3, -0.25) is 9.48 Å². The second-order valence-electron chi connectivity index (χ2n) is 5.10. The standard InChI is InChI=1S/C15H11F3N6O/c1-23-8-19-13(21-23)2-3-24-9-20-14(22-24)11-4-10(7-25)5-12(6-11)15(16,17)18/h2-9H,1H3/b3-2-. The van der Waals surface area contributed by atoms with Gasteiger partial charge in [0.05, 0.1) is 5.56 Å². The van der Waals surface area contributed by atoms with Gasteiger partial charge >= 0.3 is 6.18 Å². The number of nitrogens with zero attached hydrogens (tertiary/aromatic N) is 6. The normalized spacial score (nSPS) is 12.0. The predicted molar refractivity (Wildman–Crippen MR) is 82.1 cm³/mol. The molecule has 25 heavy (non-hydrogen) atoms. The molecule has 2 aromatic heterocycles. The van der Waals surface area contributed by atoms with Gasteiger partial charge in [0.25, 0.3) is 0 Å². The molecule has 0 atom stereocenters. The van der Waals surface area contributed by atoms with E-state index in [-0.39, 0.29) is 17.0 Å². The van der Waals surface area contributed by atoms with E-state index in [4.69, 9.17) is 0 Å². The van der Waals surface area contributed by atoms with Gasteiger partial charge in [0.1, 0.15) is 18.9 Å². The van der Waals surface area contributed by atoms with Crippen LogP contribution >= 0.6 is 0 Å². The number of aromatic nitrogens is 6. The largest absolute Gasteiger partial charge is 0.416 e. The molecule has 0 aliphatic heterocycles. The van der Waals surface area contributed by atoms with Crippen LogP contribution in [0, 0.1) is 0 Å². The van der Waals surface area contributed by atoms with E-state index in [1.165, 1.54) is 34.3 Å². The predicted octanol–water partition coefficient (Wildman–Crippen LogP) is 2.53. The highest BCUT2D eigenvalue weighted by Crippen LogP contribution is 2.32. The van der Waals surface area contributed by atoms with Crippen molar-refractivity contribution < 1.29 is 18.0 Å². The molecular weight excluding hydrogens is 337 g/mol. The Labute approximate surface area is 139 Å². The van der Waals surface area contributed by atoms with E-state index in [0.717, 1.165) is 12.1 Å². The Morgan fingerprint density at radius 2 is 1.88 bits per heavy atom. The Hall–Kier alpha value is -3.30. The van der Waals surface area contributed by atoms with Gasteiger partial charge in [-0.05, 0) is 18.2 Å². The highest BCUT2D eigenvalue weighted by molar-refractivity contribution is 5.78. The second-order valence-corrected chi connectivity index (χ2v) is 5.10. The first-order chi connectivity index (χ1) is 11.8. The van der Waals surface area contributed by atoms with Crippen LogP contribution in [-0.2, 0) is 13.2 Å². The Morgan fingerprint density at radius 1 is 1.08 bits per heavy atom. The van der Waals surface area contributed by atoms with E-state index in [9.17, 15) is 18.0 Å². The fourth-order valence-electron chi connectivity index (χ4n) is 2.07. The molecule has 0 N–H and O–H groups in total. The molecule has 2 heterocycles. The van der Waals surface area contributed by atoms with E-state index >= 15 is 0 Å². The second kappa shape index (κ2) is 6.30. The summed E-state index contributed by atoms with van der Waals surface area (Å²) >= 11 is 0. The Kier molecular flexibility index (Phi) is 4.17. The lowest BCUT2D eigenvalue weighted by atomic mass is 10.1. The first-order valence-electron chi connectivity index (χ1n) is 6.98. The van der Waals surface area contributed by atoms with Crippen LogP contribution in [0.2, 0.25) is 0 Å². The number of aldehydes is 1. The van der Waals surface area contributed by atoms with Crippen molar-refractivity contribution in [2.45, 2.75) is 6.18 Å². The summed E-state index contributed by atoms with van der Waals surface area (Å²) in [5, 5.41) is 8.12. The van der Waals surface area contributed by atoms with Gasteiger partial charge in [-0.15, -0.1) is 5.10 Å². The first kappa shape index (κ1) is 16.6. The van der Waals surface area contributed by atoms with Crippen LogP contribution in [0.4, 0.5) is 13.2 Å². The summed E-state index contributed by atoms with van der Waals surface area (Å²) < 4.78 is 41.6. The third kappa shape index (κ3) is 3.79. The number of aryl methyl sites for hydroxylation is 1. The third-order valence-corrected chi connectivity index (χ3v) is 3.18. The zero-order chi connectivity index (χ0) is 18.0. The van der Waals surface area contributed by atoms with E-state index in [1.807, 2.05) is 0 Å². The Morgan fingerprint density at radius 3 is 2.52 bits per heavy atom. The lowest BCUT2D eigenvalue weighted by Gasteiger charge is -2.08. The molecule has 0 saturated carbocycles. The topological polar surface area (TPSA) is 78.5 Å². The van der Waals surface area contributed by atoms with Gasteiger partial charge in [0.2, 0.25) is 0 Å². The van der Waals surface area contributed by atoms with Crippen molar-refractivity contribution in [3.05, 3.63) is 47.8 Å². The van der Waals surface area contributed by atoms with Crippen LogP contribution in [0.25, 0.3) is 23.7 Å². The molecule has 7 nitrogen and oxygen atoms in total. The summed E-state index contributed by atoms with van der Waals surface area (Å²) in [6.07, 6.45) is 1.72. The third-order valence-electron chi connectivity index (χ3n) is 3.18. The molecule has 0 fully saturated rings. The minimum Gasteiger partial charge on any atom is -0.298 e. The van der Waals surface area contributed by atoms with Gasteiger partial charge in [-0.1, -0.05) is 0 Å². The maximum Gasteiger partial charge on any atom is 0.416 e. The number of alkyl halides is 3. The molecule has 10 heteroatoms. The van der Waals surface area contributed by atoms with Crippen LogP contribution < -0.4 is 0 Å². The average molecular weight is 348 g/mol. The number of hydrogen-bond donors (Lipinski definition) is 0. The molecule has 1 aromatic carbocycles. The summed E-state index contributed by atoms with van der Waals surface area (Å²) in [6, 6.07) is 2.97. The monoisotopic (exact) mass is 348 g/mol. The van der Waals surface area contributed by atoms with Crippen molar-refractivity contribution in [2.75, 3.05) is 0 Å². The fraction of sp³-hybridized carbons (Fsp3) is 0.133. The van der Waals surface area contributed by atoms with Crippen LogP contribution in [0.15, 0.2) is 30.9 Å². The lowest BCUT2D eigenvalue weighted by molar-refractivity contribution is -0.137. The van der Waals surface area contributed by atoms with Crippen LogP contribution in [-0.4, -0.2) is 35.8 Å². The number of benzene rings is 1. The summed E-state index contributed by atoms with van der Waals surface area (Å²) in [4.78, 5) is 18.9. The zero-order valence-corrected chi connectivity index (χ0v) is 12.8. The molecule has 0 spiro atoms. The van der Waals surface area contributed by atoms with Gasteiger partial charge in [-0.25, -0.2) is 14.6 Å². The van der Waals surface area contributed by atoms with E-state index in [2.05, 4.69) is 20.2 Å². The van der Waals surface area contributed by atoms with Gasteiger partial charge in [0, 0.05) is 30.5 Å².